The second-order valence-electron chi connectivity index (χ2n) is 2.53. The highest BCUT2D eigenvalue weighted by atomic mass is 32.2. The molecule has 0 spiro atoms. The molecule has 15 heavy (non-hydrogen) atoms. The van der Waals surface area contributed by atoms with E-state index in [1.807, 2.05) is 23.5 Å². The molecule has 0 saturated heterocycles. The van der Waals surface area contributed by atoms with Crippen molar-refractivity contribution in [1.29, 1.82) is 0 Å². The summed E-state index contributed by atoms with van der Waals surface area (Å²) in [6.45, 7) is 2.34. The van der Waals surface area contributed by atoms with Gasteiger partial charge in [0, 0.05) is 28.1 Å². The minimum atomic E-state index is 0.198. The summed E-state index contributed by atoms with van der Waals surface area (Å²) in [6.07, 6.45) is 0.666. The van der Waals surface area contributed by atoms with Gasteiger partial charge in [0.25, 0.3) is 0 Å². The minimum absolute atomic E-state index is 0.198. The van der Waals surface area contributed by atoms with Crippen molar-refractivity contribution < 1.29 is 9.90 Å². The van der Waals surface area contributed by atoms with Crippen molar-refractivity contribution in [3.8, 4) is 0 Å². The molecule has 0 aliphatic rings. The van der Waals surface area contributed by atoms with Gasteiger partial charge < -0.3 is 5.11 Å². The quantitative estimate of drug-likeness (QED) is 0.492. The van der Waals surface area contributed by atoms with Crippen LogP contribution in [0.1, 0.15) is 13.3 Å². The third-order valence-electron chi connectivity index (χ3n) is 1.36. The normalized spacial score (nSPS) is 10.5. The van der Waals surface area contributed by atoms with Crippen LogP contribution in [0, 0.1) is 0 Å². The van der Waals surface area contributed by atoms with Crippen molar-refractivity contribution in [2.45, 2.75) is 13.3 Å². The van der Waals surface area contributed by atoms with E-state index in [0.29, 0.717) is 6.42 Å². The Morgan fingerprint density at radius 1 is 1.13 bits per heavy atom. The number of hydrogen-bond donors (Lipinski definition) is 1. The molecule has 0 aliphatic heterocycles. The van der Waals surface area contributed by atoms with Crippen LogP contribution in [0.15, 0.2) is 0 Å². The zero-order valence-corrected chi connectivity index (χ0v) is 12.2. The summed E-state index contributed by atoms with van der Waals surface area (Å²) in [5.41, 5.74) is 0. The molecular formula is C9H18O2S4. The van der Waals surface area contributed by atoms with Gasteiger partial charge in [0.15, 0.2) is 5.12 Å². The van der Waals surface area contributed by atoms with Crippen molar-refractivity contribution in [3.05, 3.63) is 0 Å². The fourth-order valence-electron chi connectivity index (χ4n) is 0.660. The van der Waals surface area contributed by atoms with Gasteiger partial charge in [0.2, 0.25) is 0 Å². The molecule has 0 aliphatic carbocycles. The molecule has 0 unspecified atom stereocenters. The Labute approximate surface area is 109 Å². The molecule has 0 bridgehead atoms. The van der Waals surface area contributed by atoms with E-state index in [-0.39, 0.29) is 11.7 Å². The first-order chi connectivity index (χ1) is 7.31. The molecule has 6 heteroatoms. The highest BCUT2D eigenvalue weighted by Crippen LogP contribution is 2.17. The second-order valence-corrected chi connectivity index (χ2v) is 7.78. The smallest absolute Gasteiger partial charge is 0.190 e. The summed E-state index contributed by atoms with van der Waals surface area (Å²) in [5.74, 6) is 2.80. The summed E-state index contributed by atoms with van der Waals surface area (Å²) < 4.78 is 0. The van der Waals surface area contributed by atoms with Gasteiger partial charge >= 0.3 is 0 Å². The third-order valence-corrected chi connectivity index (χ3v) is 5.73. The highest BCUT2D eigenvalue weighted by Gasteiger charge is 2.02. The Bertz CT molecular complexity index is 155. The van der Waals surface area contributed by atoms with Crippen molar-refractivity contribution in [1.82, 2.24) is 0 Å². The van der Waals surface area contributed by atoms with E-state index in [1.54, 1.807) is 11.8 Å². The van der Waals surface area contributed by atoms with Crippen molar-refractivity contribution in [3.63, 3.8) is 0 Å². The Balaban J connectivity index is 3.11. The molecule has 1 N–H and O–H groups in total. The van der Waals surface area contributed by atoms with Gasteiger partial charge in [0.05, 0.1) is 6.61 Å². The van der Waals surface area contributed by atoms with E-state index in [0.717, 1.165) is 27.4 Å². The summed E-state index contributed by atoms with van der Waals surface area (Å²) >= 11 is 6.71. The maximum absolute atomic E-state index is 11.3. The molecule has 0 rings (SSSR count). The van der Waals surface area contributed by atoms with Gasteiger partial charge in [0.1, 0.15) is 0 Å². The van der Waals surface area contributed by atoms with E-state index in [1.165, 1.54) is 11.8 Å². The first kappa shape index (κ1) is 16.0. The first-order valence-corrected chi connectivity index (χ1v) is 9.26. The topological polar surface area (TPSA) is 37.3 Å². The van der Waals surface area contributed by atoms with Crippen LogP contribution in [-0.2, 0) is 4.79 Å². The number of aliphatic hydroxyl groups is 1. The van der Waals surface area contributed by atoms with Crippen LogP contribution >= 0.6 is 47.0 Å². The zero-order valence-electron chi connectivity index (χ0n) is 8.94. The van der Waals surface area contributed by atoms with Crippen molar-refractivity contribution in [2.75, 3.05) is 34.0 Å². The summed E-state index contributed by atoms with van der Waals surface area (Å²) in [6, 6.07) is 0. The molecule has 0 saturated carbocycles. The molecular weight excluding hydrogens is 268 g/mol. The standard InChI is InChI=1S/C9H18O2S4/c1-2-12-7-13-5-3-9(11)15-8-14-6-4-10/h10H,2-8H2,1H3. The summed E-state index contributed by atoms with van der Waals surface area (Å²) in [7, 11) is 0. The average Bonchev–Trinajstić information content (AvgIpc) is 2.24. The lowest BCUT2D eigenvalue weighted by Gasteiger charge is -2.00. The fraction of sp³-hybridized carbons (Fsp3) is 0.889. The van der Waals surface area contributed by atoms with Crippen molar-refractivity contribution in [2.24, 2.45) is 0 Å². The summed E-state index contributed by atoms with van der Waals surface area (Å²) in [5, 5.41) is 10.7. The Morgan fingerprint density at radius 2 is 1.87 bits per heavy atom. The fourth-order valence-corrected chi connectivity index (χ4v) is 4.43. The lowest BCUT2D eigenvalue weighted by molar-refractivity contribution is -0.110. The Kier molecular flexibility index (Phi) is 14.0. The summed E-state index contributed by atoms with van der Waals surface area (Å²) in [4.78, 5) is 11.3. The SMILES string of the molecule is CCSCSCCC(=O)SCSCCO. The maximum atomic E-state index is 11.3. The van der Waals surface area contributed by atoms with Crippen LogP contribution in [0.2, 0.25) is 0 Å². The molecule has 0 aromatic rings. The number of aliphatic hydroxyl groups excluding tert-OH is 1. The van der Waals surface area contributed by atoms with Gasteiger partial charge in [-0.25, -0.2) is 0 Å². The molecule has 0 aromatic heterocycles. The molecule has 2 nitrogen and oxygen atoms in total. The molecule has 0 heterocycles. The number of thioether (sulfide) groups is 4. The molecule has 0 aromatic carbocycles. The van der Waals surface area contributed by atoms with Crippen LogP contribution in [-0.4, -0.2) is 44.3 Å². The maximum Gasteiger partial charge on any atom is 0.190 e. The van der Waals surface area contributed by atoms with E-state index < -0.39 is 0 Å². The molecule has 0 radical (unpaired) electrons. The van der Waals surface area contributed by atoms with Crippen LogP contribution in [0.5, 0.6) is 0 Å². The van der Waals surface area contributed by atoms with E-state index in [9.17, 15) is 4.79 Å². The minimum Gasteiger partial charge on any atom is -0.396 e. The molecule has 0 amide bonds. The molecule has 0 fully saturated rings. The lowest BCUT2D eigenvalue weighted by atomic mass is 10.5. The third kappa shape index (κ3) is 13.0. The van der Waals surface area contributed by atoms with Crippen LogP contribution in [0.3, 0.4) is 0 Å². The zero-order chi connectivity index (χ0) is 11.4. The predicted octanol–water partition coefficient (Wildman–Crippen LogP) is 2.76. The number of carbonyl (C=O) groups is 1. The predicted molar refractivity (Wildman–Crippen MR) is 77.1 cm³/mol. The Morgan fingerprint density at radius 3 is 2.53 bits per heavy atom. The number of rotatable bonds is 10. The van der Waals surface area contributed by atoms with E-state index >= 15 is 0 Å². The second kappa shape index (κ2) is 13.1. The van der Waals surface area contributed by atoms with Gasteiger partial charge in [-0.05, 0) is 5.75 Å². The van der Waals surface area contributed by atoms with Gasteiger partial charge in [-0.2, -0.15) is 23.5 Å². The number of hydrogen-bond acceptors (Lipinski definition) is 6. The van der Waals surface area contributed by atoms with Gasteiger partial charge in [-0.1, -0.05) is 18.7 Å². The van der Waals surface area contributed by atoms with E-state index in [4.69, 9.17) is 5.11 Å². The first-order valence-electron chi connectivity index (χ1n) is 4.81. The molecule has 0 atom stereocenters. The van der Waals surface area contributed by atoms with Crippen LogP contribution in [0.4, 0.5) is 0 Å². The molecule has 90 valence electrons. The van der Waals surface area contributed by atoms with Crippen molar-refractivity contribution >= 4 is 52.2 Å². The largest absolute Gasteiger partial charge is 0.396 e. The number of carbonyl (C=O) groups excluding carboxylic acids is 1. The van der Waals surface area contributed by atoms with Gasteiger partial charge in [-0.15, -0.1) is 11.8 Å². The monoisotopic (exact) mass is 286 g/mol. The Hall–Kier alpha value is 1.03. The van der Waals surface area contributed by atoms with Gasteiger partial charge in [-0.3, -0.25) is 4.79 Å². The average molecular weight is 287 g/mol. The van der Waals surface area contributed by atoms with Crippen LogP contribution in [0.25, 0.3) is 0 Å². The van der Waals surface area contributed by atoms with Crippen LogP contribution < -0.4 is 0 Å². The lowest BCUT2D eigenvalue weighted by Crippen LogP contribution is -1.95. The van der Waals surface area contributed by atoms with E-state index in [2.05, 4.69) is 6.92 Å². The highest BCUT2D eigenvalue weighted by molar-refractivity contribution is 8.24.